The molecule has 1 N–H and O–H groups in total. The molecule has 0 spiro atoms. The van der Waals surface area contributed by atoms with Crippen molar-refractivity contribution in [2.75, 3.05) is 0 Å². The zero-order valence-electron chi connectivity index (χ0n) is 13.7. The molecule has 0 fully saturated rings. The lowest BCUT2D eigenvalue weighted by Gasteiger charge is -2.12. The normalized spacial score (nSPS) is 10.9. The molecule has 0 radical (unpaired) electrons. The van der Waals surface area contributed by atoms with Crippen LogP contribution in [0.3, 0.4) is 0 Å². The molecule has 1 heteroatoms. The van der Waals surface area contributed by atoms with Crippen LogP contribution in [0.1, 0.15) is 82.4 Å². The van der Waals surface area contributed by atoms with Gasteiger partial charge in [-0.25, -0.2) is 0 Å². The molecule has 1 nitrogen and oxygen atoms in total. The van der Waals surface area contributed by atoms with Gasteiger partial charge in [0, 0.05) is 0 Å². The van der Waals surface area contributed by atoms with Crippen LogP contribution < -0.4 is 0 Å². The fraction of sp³-hybridized carbons (Fsp3) is 0.684. The third kappa shape index (κ3) is 5.56. The second-order valence-corrected chi connectivity index (χ2v) is 5.88. The number of unbranched alkanes of at least 4 members (excludes halogenated alkanes) is 5. The lowest BCUT2D eigenvalue weighted by Crippen LogP contribution is -1.96. The predicted octanol–water partition coefficient (Wildman–Crippen LogP) is 5.81. The van der Waals surface area contributed by atoms with Crippen LogP contribution in [0, 0.1) is 0 Å². The third-order valence-corrected chi connectivity index (χ3v) is 4.08. The van der Waals surface area contributed by atoms with Crippen molar-refractivity contribution in [3.8, 4) is 5.75 Å². The van der Waals surface area contributed by atoms with E-state index in [-0.39, 0.29) is 0 Å². The lowest BCUT2D eigenvalue weighted by molar-refractivity contribution is 0.460. The highest BCUT2D eigenvalue weighted by atomic mass is 16.3. The average molecular weight is 276 g/mol. The Bertz CT molecular complexity index is 382. The van der Waals surface area contributed by atoms with Gasteiger partial charge in [0.25, 0.3) is 0 Å². The van der Waals surface area contributed by atoms with Gasteiger partial charge in [-0.1, -0.05) is 65.0 Å². The fourth-order valence-electron chi connectivity index (χ4n) is 2.74. The topological polar surface area (TPSA) is 20.2 Å². The zero-order chi connectivity index (χ0) is 14.8. The summed E-state index contributed by atoms with van der Waals surface area (Å²) in [7, 11) is 0. The number of hydrogen-bond donors (Lipinski definition) is 1. The number of hydrogen-bond acceptors (Lipinski definition) is 1. The van der Waals surface area contributed by atoms with Gasteiger partial charge in [-0.05, 0) is 48.8 Å². The molecule has 0 aromatic heterocycles. The van der Waals surface area contributed by atoms with E-state index < -0.39 is 0 Å². The SMILES string of the molecule is CCCCCCCc1cc(CC)c(O)c(CCCC)c1. The maximum absolute atomic E-state index is 10.3. The van der Waals surface area contributed by atoms with Gasteiger partial charge < -0.3 is 5.11 Å². The summed E-state index contributed by atoms with van der Waals surface area (Å²) in [4.78, 5) is 0. The van der Waals surface area contributed by atoms with Crippen LogP contribution in [-0.4, -0.2) is 5.11 Å². The van der Waals surface area contributed by atoms with Crippen molar-refractivity contribution in [1.29, 1.82) is 0 Å². The minimum atomic E-state index is 0.552. The summed E-state index contributed by atoms with van der Waals surface area (Å²) in [5.74, 6) is 0.552. The van der Waals surface area contributed by atoms with E-state index in [0.717, 1.165) is 36.8 Å². The Morgan fingerprint density at radius 3 is 2.05 bits per heavy atom. The standard InChI is InChI=1S/C19H32O/c1-4-7-9-10-11-12-16-14-17(6-3)19(20)18(15-16)13-8-5-2/h14-15,20H,4-13H2,1-3H3. The summed E-state index contributed by atoms with van der Waals surface area (Å²) in [5, 5.41) is 10.3. The first-order chi connectivity index (χ1) is 9.72. The van der Waals surface area contributed by atoms with E-state index in [1.54, 1.807) is 0 Å². The second-order valence-electron chi connectivity index (χ2n) is 5.88. The molecule has 20 heavy (non-hydrogen) atoms. The summed E-state index contributed by atoms with van der Waals surface area (Å²) in [6, 6.07) is 4.45. The van der Waals surface area contributed by atoms with Crippen molar-refractivity contribution in [1.82, 2.24) is 0 Å². The smallest absolute Gasteiger partial charge is 0.121 e. The summed E-state index contributed by atoms with van der Waals surface area (Å²) in [6.45, 7) is 6.59. The molecule has 0 aliphatic heterocycles. The van der Waals surface area contributed by atoms with Crippen LogP contribution in [0.4, 0.5) is 0 Å². The first-order valence-corrected chi connectivity index (χ1v) is 8.56. The van der Waals surface area contributed by atoms with Crippen LogP contribution in [0.25, 0.3) is 0 Å². The fourth-order valence-corrected chi connectivity index (χ4v) is 2.74. The molecule has 1 aromatic rings. The van der Waals surface area contributed by atoms with Crippen LogP contribution in [0.15, 0.2) is 12.1 Å². The molecule has 0 amide bonds. The van der Waals surface area contributed by atoms with Crippen LogP contribution in [-0.2, 0) is 19.3 Å². The Morgan fingerprint density at radius 2 is 1.40 bits per heavy atom. The summed E-state index contributed by atoms with van der Waals surface area (Å²) in [5.41, 5.74) is 3.71. The van der Waals surface area contributed by atoms with Crippen LogP contribution in [0.5, 0.6) is 5.75 Å². The van der Waals surface area contributed by atoms with Crippen LogP contribution in [0.2, 0.25) is 0 Å². The van der Waals surface area contributed by atoms with Gasteiger partial charge in [-0.15, -0.1) is 0 Å². The van der Waals surface area contributed by atoms with Gasteiger partial charge in [0.2, 0.25) is 0 Å². The van der Waals surface area contributed by atoms with E-state index in [4.69, 9.17) is 0 Å². The van der Waals surface area contributed by atoms with E-state index in [0.29, 0.717) is 5.75 Å². The largest absolute Gasteiger partial charge is 0.507 e. The number of rotatable bonds is 10. The van der Waals surface area contributed by atoms with E-state index in [2.05, 4.69) is 32.9 Å². The number of benzene rings is 1. The molecule has 0 atom stereocenters. The lowest BCUT2D eigenvalue weighted by atomic mass is 9.96. The number of aromatic hydroxyl groups is 1. The summed E-state index contributed by atoms with van der Waals surface area (Å²) >= 11 is 0. The molecule has 0 aliphatic carbocycles. The van der Waals surface area contributed by atoms with Crippen molar-refractivity contribution in [2.24, 2.45) is 0 Å². The minimum absolute atomic E-state index is 0.552. The molecule has 1 rings (SSSR count). The molecule has 1 aromatic carbocycles. The molecule has 0 aliphatic rings. The average Bonchev–Trinajstić information content (AvgIpc) is 2.47. The highest BCUT2D eigenvalue weighted by Gasteiger charge is 2.08. The Kier molecular flexibility index (Phi) is 8.41. The van der Waals surface area contributed by atoms with Crippen molar-refractivity contribution in [2.45, 2.75) is 85.0 Å². The molecule has 0 unspecified atom stereocenters. The van der Waals surface area contributed by atoms with Crippen molar-refractivity contribution < 1.29 is 5.11 Å². The number of phenols is 1. The monoisotopic (exact) mass is 276 g/mol. The first kappa shape index (κ1) is 17.1. The quantitative estimate of drug-likeness (QED) is 0.535. The number of aryl methyl sites for hydroxylation is 3. The summed E-state index contributed by atoms with van der Waals surface area (Å²) < 4.78 is 0. The first-order valence-electron chi connectivity index (χ1n) is 8.56. The molecular weight excluding hydrogens is 244 g/mol. The van der Waals surface area contributed by atoms with E-state index in [1.165, 1.54) is 44.1 Å². The van der Waals surface area contributed by atoms with Gasteiger partial charge in [0.05, 0.1) is 0 Å². The third-order valence-electron chi connectivity index (χ3n) is 4.08. The van der Waals surface area contributed by atoms with Crippen molar-refractivity contribution in [3.05, 3.63) is 28.8 Å². The molecular formula is C19H32O. The van der Waals surface area contributed by atoms with E-state index >= 15 is 0 Å². The Morgan fingerprint density at radius 1 is 0.750 bits per heavy atom. The molecule has 0 saturated carbocycles. The zero-order valence-corrected chi connectivity index (χ0v) is 13.7. The molecule has 0 saturated heterocycles. The highest BCUT2D eigenvalue weighted by molar-refractivity contribution is 5.44. The Hall–Kier alpha value is -0.980. The van der Waals surface area contributed by atoms with E-state index in [9.17, 15) is 5.11 Å². The molecule has 114 valence electrons. The highest BCUT2D eigenvalue weighted by Crippen LogP contribution is 2.27. The van der Waals surface area contributed by atoms with Crippen LogP contribution >= 0.6 is 0 Å². The predicted molar refractivity (Wildman–Crippen MR) is 88.6 cm³/mol. The van der Waals surface area contributed by atoms with E-state index in [1.807, 2.05) is 0 Å². The van der Waals surface area contributed by atoms with Gasteiger partial charge in [-0.2, -0.15) is 0 Å². The molecule has 0 bridgehead atoms. The van der Waals surface area contributed by atoms with Gasteiger partial charge in [0.1, 0.15) is 5.75 Å². The Labute approximate surface area is 125 Å². The van der Waals surface area contributed by atoms with Gasteiger partial charge >= 0.3 is 0 Å². The maximum Gasteiger partial charge on any atom is 0.121 e. The number of phenolic OH excluding ortho intramolecular Hbond substituents is 1. The second kappa shape index (κ2) is 9.85. The van der Waals surface area contributed by atoms with Crippen molar-refractivity contribution >= 4 is 0 Å². The van der Waals surface area contributed by atoms with Gasteiger partial charge in [0.15, 0.2) is 0 Å². The van der Waals surface area contributed by atoms with Crippen molar-refractivity contribution in [3.63, 3.8) is 0 Å². The Balaban J connectivity index is 2.65. The summed E-state index contributed by atoms with van der Waals surface area (Å²) in [6.07, 6.45) is 12.1. The van der Waals surface area contributed by atoms with Gasteiger partial charge in [-0.3, -0.25) is 0 Å². The minimum Gasteiger partial charge on any atom is -0.507 e. The maximum atomic E-state index is 10.3. The molecule has 0 heterocycles.